The maximum Gasteiger partial charge on any atom is 0.242 e. The van der Waals surface area contributed by atoms with E-state index in [1.807, 2.05) is 13.0 Å². The Hall–Kier alpha value is -5.13. The molecular weight excluding hydrogens is 700 g/mol. The minimum atomic E-state index is -1.10. The van der Waals surface area contributed by atoms with Gasteiger partial charge in [0.05, 0.1) is 28.5 Å². The van der Waals surface area contributed by atoms with E-state index in [0.717, 1.165) is 12.0 Å². The van der Waals surface area contributed by atoms with Gasteiger partial charge in [0.2, 0.25) is 11.8 Å². The van der Waals surface area contributed by atoms with Crippen molar-refractivity contribution in [3.05, 3.63) is 83.3 Å². The molecule has 2 fully saturated rings. The number of Topliss-reactive ketones (excluding diaryl/α,β-unsaturated/α-hetero) is 1. The number of unbranched alkanes of at least 4 members (excludes halogenated alkanes) is 1. The Balaban J connectivity index is 1.31. The zero-order valence-corrected chi connectivity index (χ0v) is 29.5. The van der Waals surface area contributed by atoms with Crippen LogP contribution < -0.4 is 16.0 Å². The van der Waals surface area contributed by atoms with E-state index in [0.29, 0.717) is 76.2 Å². The number of hydrogen-bond donors (Lipinski definition) is 3. The van der Waals surface area contributed by atoms with Crippen LogP contribution in [0.4, 0.5) is 5.82 Å². The predicted molar refractivity (Wildman–Crippen MR) is 191 cm³/mol. The van der Waals surface area contributed by atoms with Crippen molar-refractivity contribution in [2.75, 3.05) is 11.9 Å². The van der Waals surface area contributed by atoms with Crippen LogP contribution in [-0.4, -0.2) is 65.4 Å². The zero-order valence-electron chi connectivity index (χ0n) is 27.9. The molecule has 13 nitrogen and oxygen atoms in total. The number of pyridine rings is 2. The lowest BCUT2D eigenvalue weighted by atomic mass is 9.94. The van der Waals surface area contributed by atoms with Gasteiger partial charge >= 0.3 is 0 Å². The standard InChI is InChI=1S/C36H37BrN10O3/c1-5-7-8-10-31(49)41-20-35-14-27(34(50)44-33-21(3)11-12-30(37)43-33)45-36(35,19-35)29(48)18-47-32-24(28(15-38)46-47)13-26(42-25(32)9-6-2)23-16-39-22(4)40-17-23/h5-6,11-13,16-17,27,45H,1-2,7-10,14,18-20H2,3-4H3,(H,41,49)(H,43,44,50)/t27-,35+,36-/m0/s1. The number of carbonyl (C=O) groups is 3. The van der Waals surface area contributed by atoms with Gasteiger partial charge in [0, 0.05) is 48.1 Å². The number of nitriles is 1. The molecule has 2 aliphatic rings. The Bertz CT molecular complexity index is 2070. The largest absolute Gasteiger partial charge is 0.355 e. The monoisotopic (exact) mass is 736 g/mol. The highest BCUT2D eigenvalue weighted by molar-refractivity contribution is 9.10. The van der Waals surface area contributed by atoms with Gasteiger partial charge in [0.15, 0.2) is 11.5 Å². The molecule has 4 aromatic heterocycles. The lowest BCUT2D eigenvalue weighted by Gasteiger charge is -2.19. The predicted octanol–water partition coefficient (Wildman–Crippen LogP) is 4.43. The van der Waals surface area contributed by atoms with E-state index in [4.69, 9.17) is 4.98 Å². The molecular formula is C36H37BrN10O3. The second-order valence-electron chi connectivity index (χ2n) is 12.9. The van der Waals surface area contributed by atoms with Crippen molar-refractivity contribution in [1.82, 2.24) is 40.3 Å². The number of ketones is 1. The van der Waals surface area contributed by atoms with Crippen LogP contribution in [0, 0.1) is 30.6 Å². The number of hydrogen-bond acceptors (Lipinski definition) is 10. The smallest absolute Gasteiger partial charge is 0.242 e. The van der Waals surface area contributed by atoms with Crippen molar-refractivity contribution in [3.63, 3.8) is 0 Å². The summed E-state index contributed by atoms with van der Waals surface area (Å²) in [4.78, 5) is 58.6. The van der Waals surface area contributed by atoms with Crippen LogP contribution >= 0.6 is 15.9 Å². The highest BCUT2D eigenvalue weighted by Crippen LogP contribution is 2.64. The van der Waals surface area contributed by atoms with E-state index in [1.54, 1.807) is 43.6 Å². The van der Waals surface area contributed by atoms with Crippen LogP contribution in [0.5, 0.6) is 0 Å². The first-order valence-corrected chi connectivity index (χ1v) is 17.2. The molecule has 1 saturated heterocycles. The minimum absolute atomic E-state index is 0.122. The number of amides is 2. The van der Waals surface area contributed by atoms with Crippen LogP contribution in [0.15, 0.2) is 60.5 Å². The summed E-state index contributed by atoms with van der Waals surface area (Å²) in [7, 11) is 0. The fourth-order valence-corrected chi connectivity index (χ4v) is 7.18. The van der Waals surface area contributed by atoms with E-state index < -0.39 is 17.0 Å². The lowest BCUT2D eigenvalue weighted by molar-refractivity contribution is -0.124. The Kier molecular flexibility index (Phi) is 9.73. The van der Waals surface area contributed by atoms with Crippen molar-refractivity contribution < 1.29 is 14.4 Å². The molecule has 256 valence electrons. The summed E-state index contributed by atoms with van der Waals surface area (Å²) >= 11 is 3.36. The van der Waals surface area contributed by atoms with Gasteiger partial charge in [0.1, 0.15) is 28.9 Å². The molecule has 0 unspecified atom stereocenters. The summed E-state index contributed by atoms with van der Waals surface area (Å²) in [5, 5.41) is 24.5. The van der Waals surface area contributed by atoms with Gasteiger partial charge in [-0.3, -0.25) is 29.4 Å². The molecule has 4 aromatic rings. The number of fused-ring (bicyclic) bond motifs is 2. The third kappa shape index (κ3) is 6.58. The van der Waals surface area contributed by atoms with Crippen molar-refractivity contribution >= 4 is 50.2 Å². The second-order valence-corrected chi connectivity index (χ2v) is 13.7. The molecule has 0 aromatic carbocycles. The average molecular weight is 738 g/mol. The minimum Gasteiger partial charge on any atom is -0.355 e. The van der Waals surface area contributed by atoms with Crippen LogP contribution in [-0.2, 0) is 27.3 Å². The summed E-state index contributed by atoms with van der Waals surface area (Å²) in [6.07, 6.45) is 9.67. The van der Waals surface area contributed by atoms with Crippen LogP contribution in [0.25, 0.3) is 22.2 Å². The number of carbonyl (C=O) groups excluding carboxylic acids is 3. The van der Waals surface area contributed by atoms with E-state index in [-0.39, 0.29) is 36.4 Å². The molecule has 50 heavy (non-hydrogen) atoms. The summed E-state index contributed by atoms with van der Waals surface area (Å²) in [6.45, 7) is 11.3. The molecule has 1 aliphatic carbocycles. The zero-order chi connectivity index (χ0) is 35.6. The van der Waals surface area contributed by atoms with E-state index in [2.05, 4.69) is 71.2 Å². The van der Waals surface area contributed by atoms with Crippen LogP contribution in [0.2, 0.25) is 0 Å². The summed E-state index contributed by atoms with van der Waals surface area (Å²) in [5.41, 5.74) is 1.54. The van der Waals surface area contributed by atoms with Crippen molar-refractivity contribution in [3.8, 4) is 17.3 Å². The van der Waals surface area contributed by atoms with Gasteiger partial charge in [-0.25, -0.2) is 15.0 Å². The Labute approximate surface area is 297 Å². The van der Waals surface area contributed by atoms with Crippen molar-refractivity contribution in [2.24, 2.45) is 5.41 Å². The molecule has 3 atom stereocenters. The first kappa shape index (κ1) is 34.7. The lowest BCUT2D eigenvalue weighted by Crippen LogP contribution is -2.48. The van der Waals surface area contributed by atoms with Gasteiger partial charge < -0.3 is 10.6 Å². The molecule has 1 saturated carbocycles. The van der Waals surface area contributed by atoms with Gasteiger partial charge in [-0.2, -0.15) is 10.4 Å². The summed E-state index contributed by atoms with van der Waals surface area (Å²) < 4.78 is 2.10. The molecule has 6 rings (SSSR count). The Morgan fingerprint density at radius 2 is 1.96 bits per heavy atom. The maximum atomic E-state index is 14.5. The number of halogens is 1. The third-order valence-electron chi connectivity index (χ3n) is 9.55. The fraction of sp³-hybridized carbons (Fsp3) is 0.361. The number of rotatable bonds is 14. The maximum absolute atomic E-state index is 14.5. The topological polar surface area (TPSA) is 180 Å². The SMILES string of the molecule is C=CCCCC(=O)NC[C@]12C[C@@H](C(=O)Nc3nc(Br)ccc3C)N[C@]1(C(=O)Cn1nc(C#N)c3cc(-c4cnc(C)nc4)nc(CC=C)c31)C2. The second kappa shape index (κ2) is 14.0. The summed E-state index contributed by atoms with van der Waals surface area (Å²) in [5.74, 6) is 0.384. The third-order valence-corrected chi connectivity index (χ3v) is 9.99. The molecule has 5 heterocycles. The van der Waals surface area contributed by atoms with Gasteiger partial charge in [-0.15, -0.1) is 13.2 Å². The summed E-state index contributed by atoms with van der Waals surface area (Å²) in [6, 6.07) is 6.84. The fourth-order valence-electron chi connectivity index (χ4n) is 6.87. The molecule has 0 spiro atoms. The normalized spacial score (nSPS) is 20.5. The number of nitrogens with zero attached hydrogens (tertiary/aromatic N) is 7. The molecule has 2 amide bonds. The van der Waals surface area contributed by atoms with Crippen molar-refractivity contribution in [2.45, 2.75) is 70.5 Å². The van der Waals surface area contributed by atoms with Gasteiger partial charge in [0.25, 0.3) is 0 Å². The van der Waals surface area contributed by atoms with Gasteiger partial charge in [-0.1, -0.05) is 18.2 Å². The molecule has 1 aliphatic heterocycles. The number of aryl methyl sites for hydroxylation is 2. The quantitative estimate of drug-likeness (QED) is 0.0952. The molecule has 14 heteroatoms. The van der Waals surface area contributed by atoms with Crippen LogP contribution in [0.3, 0.4) is 0 Å². The molecule has 0 bridgehead atoms. The molecule has 3 N–H and O–H groups in total. The number of piperidine rings is 1. The van der Waals surface area contributed by atoms with E-state index >= 15 is 0 Å². The van der Waals surface area contributed by atoms with E-state index in [9.17, 15) is 19.6 Å². The Morgan fingerprint density at radius 1 is 1.18 bits per heavy atom. The molecule has 0 radical (unpaired) electrons. The van der Waals surface area contributed by atoms with Crippen LogP contribution in [0.1, 0.15) is 54.9 Å². The first-order chi connectivity index (χ1) is 24.0. The Morgan fingerprint density at radius 3 is 2.68 bits per heavy atom. The van der Waals surface area contributed by atoms with Gasteiger partial charge in [-0.05, 0) is 73.2 Å². The number of aromatic nitrogens is 6. The average Bonchev–Trinajstić information content (AvgIpc) is 3.40. The highest BCUT2D eigenvalue weighted by atomic mass is 79.9. The number of nitrogens with one attached hydrogen (secondary N) is 3. The number of anilines is 1. The number of allylic oxidation sites excluding steroid dienone is 2. The first-order valence-electron chi connectivity index (χ1n) is 16.4. The van der Waals surface area contributed by atoms with Crippen molar-refractivity contribution in [1.29, 1.82) is 5.26 Å². The van der Waals surface area contributed by atoms with E-state index in [1.165, 1.54) is 4.68 Å². The highest BCUT2D eigenvalue weighted by Gasteiger charge is 2.76.